The molecule has 0 unspecified atom stereocenters. The van der Waals surface area contributed by atoms with Crippen molar-refractivity contribution < 1.29 is 13.9 Å². The number of benzene rings is 2. The molecule has 0 saturated heterocycles. The summed E-state index contributed by atoms with van der Waals surface area (Å²) in [6, 6.07) is 15.7. The maximum Gasteiger partial charge on any atom is 0.253 e. The summed E-state index contributed by atoms with van der Waals surface area (Å²) in [5, 5.41) is 6.12. The van der Waals surface area contributed by atoms with Crippen LogP contribution in [0.15, 0.2) is 67.0 Å². The van der Waals surface area contributed by atoms with E-state index in [2.05, 4.69) is 15.6 Å². The first kappa shape index (κ1) is 19.4. The number of pyridine rings is 1. The number of amides is 1. The molecular formula is C22H22FN3O2. The van der Waals surface area contributed by atoms with E-state index in [9.17, 15) is 9.18 Å². The van der Waals surface area contributed by atoms with Crippen molar-refractivity contribution in [3.05, 3.63) is 89.5 Å². The van der Waals surface area contributed by atoms with Crippen LogP contribution in [0.5, 0.6) is 5.75 Å². The lowest BCUT2D eigenvalue weighted by Crippen LogP contribution is -2.23. The molecule has 3 rings (SSSR count). The Morgan fingerprint density at radius 1 is 1.04 bits per heavy atom. The average Bonchev–Trinajstić information content (AvgIpc) is 2.74. The van der Waals surface area contributed by atoms with Gasteiger partial charge in [0.2, 0.25) is 0 Å². The standard InChI is InChI=1S/C22H22FN3O2/c1-28-21-8-4-17(5-9-21)13-26-22(27)18-12-20(15-24-14-18)25-11-10-16-2-6-19(23)7-3-16/h2-9,12,14-15,25H,10-11,13H2,1H3,(H,26,27). The molecule has 0 saturated carbocycles. The van der Waals surface area contributed by atoms with E-state index in [0.717, 1.165) is 29.0 Å². The number of hydrogen-bond acceptors (Lipinski definition) is 4. The van der Waals surface area contributed by atoms with Gasteiger partial charge in [-0.1, -0.05) is 24.3 Å². The van der Waals surface area contributed by atoms with Crippen LogP contribution >= 0.6 is 0 Å². The van der Waals surface area contributed by atoms with Crippen molar-refractivity contribution in [2.75, 3.05) is 19.0 Å². The van der Waals surface area contributed by atoms with Crippen molar-refractivity contribution in [2.24, 2.45) is 0 Å². The first-order valence-corrected chi connectivity index (χ1v) is 8.98. The van der Waals surface area contributed by atoms with Crippen molar-refractivity contribution in [3.63, 3.8) is 0 Å². The van der Waals surface area contributed by atoms with Crippen LogP contribution in [0.2, 0.25) is 0 Å². The average molecular weight is 379 g/mol. The van der Waals surface area contributed by atoms with E-state index in [1.54, 1.807) is 31.5 Å². The van der Waals surface area contributed by atoms with Gasteiger partial charge < -0.3 is 15.4 Å². The lowest BCUT2D eigenvalue weighted by atomic mass is 10.1. The molecule has 6 heteroatoms. The topological polar surface area (TPSA) is 63.2 Å². The number of hydrogen-bond donors (Lipinski definition) is 2. The van der Waals surface area contributed by atoms with Crippen LogP contribution in [-0.4, -0.2) is 24.5 Å². The van der Waals surface area contributed by atoms with E-state index in [-0.39, 0.29) is 11.7 Å². The van der Waals surface area contributed by atoms with Crippen LogP contribution in [0.25, 0.3) is 0 Å². The quantitative estimate of drug-likeness (QED) is 0.625. The van der Waals surface area contributed by atoms with Crippen molar-refractivity contribution in [3.8, 4) is 5.75 Å². The molecule has 0 spiro atoms. The monoisotopic (exact) mass is 379 g/mol. The van der Waals surface area contributed by atoms with Gasteiger partial charge in [0.25, 0.3) is 5.91 Å². The summed E-state index contributed by atoms with van der Waals surface area (Å²) in [7, 11) is 1.62. The van der Waals surface area contributed by atoms with E-state index in [1.807, 2.05) is 24.3 Å². The van der Waals surface area contributed by atoms with E-state index >= 15 is 0 Å². The first-order valence-electron chi connectivity index (χ1n) is 8.98. The van der Waals surface area contributed by atoms with Gasteiger partial charge in [-0.25, -0.2) is 4.39 Å². The Balaban J connectivity index is 1.51. The number of methoxy groups -OCH3 is 1. The fourth-order valence-electron chi connectivity index (χ4n) is 2.69. The highest BCUT2D eigenvalue weighted by atomic mass is 19.1. The summed E-state index contributed by atoms with van der Waals surface area (Å²) >= 11 is 0. The molecule has 1 aromatic heterocycles. The SMILES string of the molecule is COc1ccc(CNC(=O)c2cncc(NCCc3ccc(F)cc3)c2)cc1. The van der Waals surface area contributed by atoms with Gasteiger partial charge in [-0.15, -0.1) is 0 Å². The zero-order chi connectivity index (χ0) is 19.8. The Morgan fingerprint density at radius 3 is 2.46 bits per heavy atom. The number of rotatable bonds is 8. The van der Waals surface area contributed by atoms with Crippen LogP contribution in [-0.2, 0) is 13.0 Å². The second kappa shape index (κ2) is 9.50. The summed E-state index contributed by atoms with van der Waals surface area (Å²) < 4.78 is 18.1. The first-order chi connectivity index (χ1) is 13.6. The number of carbonyl (C=O) groups is 1. The third-order valence-electron chi connectivity index (χ3n) is 4.27. The van der Waals surface area contributed by atoms with Gasteiger partial charge in [-0.2, -0.15) is 0 Å². The minimum absolute atomic E-state index is 0.189. The molecule has 0 atom stereocenters. The minimum atomic E-state index is -0.241. The van der Waals surface area contributed by atoms with Gasteiger partial charge in [0.1, 0.15) is 11.6 Å². The maximum absolute atomic E-state index is 12.9. The second-order valence-corrected chi connectivity index (χ2v) is 6.30. The van der Waals surface area contributed by atoms with Gasteiger partial charge in [-0.3, -0.25) is 9.78 Å². The molecule has 2 aromatic carbocycles. The van der Waals surface area contributed by atoms with Gasteiger partial charge >= 0.3 is 0 Å². The summed E-state index contributed by atoms with van der Waals surface area (Å²) in [4.78, 5) is 16.5. The van der Waals surface area contributed by atoms with Gasteiger partial charge in [-0.05, 0) is 47.9 Å². The van der Waals surface area contributed by atoms with Gasteiger partial charge in [0, 0.05) is 25.5 Å². The van der Waals surface area contributed by atoms with Crippen LogP contribution < -0.4 is 15.4 Å². The van der Waals surface area contributed by atoms with Crippen molar-refractivity contribution in [2.45, 2.75) is 13.0 Å². The molecule has 0 aliphatic rings. The predicted molar refractivity (Wildman–Crippen MR) is 107 cm³/mol. The minimum Gasteiger partial charge on any atom is -0.497 e. The molecular weight excluding hydrogens is 357 g/mol. The summed E-state index contributed by atoms with van der Waals surface area (Å²) in [6.45, 7) is 1.08. The zero-order valence-electron chi connectivity index (χ0n) is 15.6. The Labute approximate surface area is 163 Å². The highest BCUT2D eigenvalue weighted by molar-refractivity contribution is 5.94. The Morgan fingerprint density at radius 2 is 1.75 bits per heavy atom. The van der Waals surface area contributed by atoms with E-state index in [4.69, 9.17) is 4.74 Å². The number of ether oxygens (including phenoxy) is 1. The lowest BCUT2D eigenvalue weighted by Gasteiger charge is -2.09. The fraction of sp³-hybridized carbons (Fsp3) is 0.182. The highest BCUT2D eigenvalue weighted by Gasteiger charge is 2.07. The third-order valence-corrected chi connectivity index (χ3v) is 4.27. The van der Waals surface area contributed by atoms with Crippen molar-refractivity contribution in [1.29, 1.82) is 0 Å². The third kappa shape index (κ3) is 5.54. The van der Waals surface area contributed by atoms with Crippen LogP contribution in [0.4, 0.5) is 10.1 Å². The molecule has 144 valence electrons. The number of aromatic nitrogens is 1. The highest BCUT2D eigenvalue weighted by Crippen LogP contribution is 2.12. The largest absolute Gasteiger partial charge is 0.497 e. The van der Waals surface area contributed by atoms with Gasteiger partial charge in [0.05, 0.1) is 18.4 Å². The molecule has 1 amide bonds. The van der Waals surface area contributed by atoms with E-state index < -0.39 is 0 Å². The molecule has 0 fully saturated rings. The lowest BCUT2D eigenvalue weighted by molar-refractivity contribution is 0.0950. The number of halogens is 1. The molecule has 0 aliphatic carbocycles. The Bertz CT molecular complexity index is 912. The van der Waals surface area contributed by atoms with Crippen LogP contribution in [0.1, 0.15) is 21.5 Å². The van der Waals surface area contributed by atoms with E-state index in [0.29, 0.717) is 18.7 Å². The molecule has 0 aliphatic heterocycles. The smallest absolute Gasteiger partial charge is 0.253 e. The molecule has 0 bridgehead atoms. The summed E-state index contributed by atoms with van der Waals surface area (Å²) in [5.41, 5.74) is 3.27. The fourth-order valence-corrected chi connectivity index (χ4v) is 2.69. The van der Waals surface area contributed by atoms with Gasteiger partial charge in [0.15, 0.2) is 0 Å². The molecule has 28 heavy (non-hydrogen) atoms. The molecule has 0 radical (unpaired) electrons. The Hall–Kier alpha value is -3.41. The van der Waals surface area contributed by atoms with Crippen molar-refractivity contribution >= 4 is 11.6 Å². The summed E-state index contributed by atoms with van der Waals surface area (Å²) in [5.74, 6) is 0.346. The van der Waals surface area contributed by atoms with Crippen LogP contribution in [0, 0.1) is 5.82 Å². The normalized spacial score (nSPS) is 10.4. The molecule has 3 aromatic rings. The number of nitrogens with one attached hydrogen (secondary N) is 2. The summed E-state index contributed by atoms with van der Waals surface area (Å²) in [6.07, 6.45) is 3.95. The molecule has 1 heterocycles. The number of nitrogens with zero attached hydrogens (tertiary/aromatic N) is 1. The maximum atomic E-state index is 12.9. The number of carbonyl (C=O) groups excluding carboxylic acids is 1. The Kier molecular flexibility index (Phi) is 6.57. The van der Waals surface area contributed by atoms with Crippen molar-refractivity contribution in [1.82, 2.24) is 10.3 Å². The molecule has 5 nitrogen and oxygen atoms in total. The van der Waals surface area contributed by atoms with E-state index in [1.165, 1.54) is 18.3 Å². The van der Waals surface area contributed by atoms with Crippen LogP contribution in [0.3, 0.4) is 0 Å². The second-order valence-electron chi connectivity index (χ2n) is 6.30. The number of anilines is 1. The predicted octanol–water partition coefficient (Wildman–Crippen LogP) is 3.81. The molecule has 2 N–H and O–H groups in total. The zero-order valence-corrected chi connectivity index (χ0v) is 15.6.